The van der Waals surface area contributed by atoms with Crippen LogP contribution in [0.1, 0.15) is 13.3 Å². The lowest BCUT2D eigenvalue weighted by molar-refractivity contribution is -0.148. The Morgan fingerprint density at radius 2 is 2.00 bits per heavy atom. The summed E-state index contributed by atoms with van der Waals surface area (Å²) in [5.41, 5.74) is 0. The molecule has 0 rings (SSSR count). The zero-order valence-corrected chi connectivity index (χ0v) is 5.11. The van der Waals surface area contributed by atoms with Crippen LogP contribution in [0.5, 0.6) is 0 Å². The second-order valence-corrected chi connectivity index (χ2v) is 1.94. The largest absolute Gasteiger partial charge is 0.479 e. The van der Waals surface area contributed by atoms with E-state index in [4.69, 9.17) is 15.3 Å². The standard InChI is InChI=1S/C5H10O4/c1-3(6)2-4(7)5(8)9/h3-4,6-7H,2H2,1H3,(H,8,9)/i1+1,2+1,4+1. The first-order valence-electron chi connectivity index (χ1n) is 2.63. The lowest BCUT2D eigenvalue weighted by atomic mass is 10.7. The lowest BCUT2D eigenvalue weighted by Crippen LogP contribution is -2.23. The van der Waals surface area contributed by atoms with Gasteiger partial charge in [-0.2, -0.15) is 0 Å². The average Bonchev–Trinajstić information content (AvgIpc) is 1.63. The number of aliphatic hydroxyl groups is 2. The van der Waals surface area contributed by atoms with Gasteiger partial charge in [0.25, 0.3) is 0 Å². The maximum absolute atomic E-state index is 9.87. The highest BCUT2D eigenvalue weighted by Crippen LogP contribution is 1.95. The van der Waals surface area contributed by atoms with Crippen molar-refractivity contribution in [1.82, 2.24) is 0 Å². The van der Waals surface area contributed by atoms with Gasteiger partial charge in [0.15, 0.2) is 6.10 Å². The van der Waals surface area contributed by atoms with Gasteiger partial charge in [0.05, 0.1) is 6.10 Å². The average molecular weight is 137 g/mol. The van der Waals surface area contributed by atoms with Crippen LogP contribution >= 0.6 is 0 Å². The third-order valence-corrected chi connectivity index (χ3v) is 0.849. The molecule has 0 fully saturated rings. The topological polar surface area (TPSA) is 77.8 Å². The Bertz CT molecular complexity index is 99.1. The van der Waals surface area contributed by atoms with E-state index in [1.165, 1.54) is 6.92 Å². The summed E-state index contributed by atoms with van der Waals surface area (Å²) in [6.07, 6.45) is -2.32. The van der Waals surface area contributed by atoms with Gasteiger partial charge in [-0.05, 0) is 6.92 Å². The minimum atomic E-state index is -1.44. The summed E-state index contributed by atoms with van der Waals surface area (Å²) < 4.78 is 0. The second-order valence-electron chi connectivity index (χ2n) is 1.94. The molecule has 0 heterocycles. The SMILES string of the molecule is [13CH3]C(O)[13CH2][13CH](O)C(=O)O. The Hall–Kier alpha value is -0.610. The molecule has 54 valence electrons. The molecular formula is C5H10O4. The maximum Gasteiger partial charge on any atom is 0.332 e. The summed E-state index contributed by atoms with van der Waals surface area (Å²) in [4.78, 5) is 9.87. The lowest BCUT2D eigenvalue weighted by Gasteiger charge is -2.05. The quantitative estimate of drug-likeness (QED) is 0.445. The number of aliphatic hydroxyl groups excluding tert-OH is 2. The molecule has 9 heavy (non-hydrogen) atoms. The summed E-state index contributed by atoms with van der Waals surface area (Å²) in [7, 11) is 0. The summed E-state index contributed by atoms with van der Waals surface area (Å²) >= 11 is 0. The highest BCUT2D eigenvalue weighted by molar-refractivity contribution is 5.71. The molecule has 0 aromatic heterocycles. The van der Waals surface area contributed by atoms with Crippen LogP contribution in [0.2, 0.25) is 0 Å². The van der Waals surface area contributed by atoms with Crippen LogP contribution in [-0.4, -0.2) is 33.5 Å². The van der Waals surface area contributed by atoms with E-state index in [0.717, 1.165) is 0 Å². The van der Waals surface area contributed by atoms with Gasteiger partial charge in [0.1, 0.15) is 0 Å². The van der Waals surface area contributed by atoms with Gasteiger partial charge in [-0.3, -0.25) is 0 Å². The van der Waals surface area contributed by atoms with Crippen molar-refractivity contribution < 1.29 is 20.1 Å². The van der Waals surface area contributed by atoms with E-state index in [9.17, 15) is 4.79 Å². The molecule has 0 aliphatic rings. The molecule has 0 amide bonds. The van der Waals surface area contributed by atoms with Gasteiger partial charge in [-0.1, -0.05) is 0 Å². The second kappa shape index (κ2) is 3.42. The van der Waals surface area contributed by atoms with E-state index >= 15 is 0 Å². The highest BCUT2D eigenvalue weighted by atomic mass is 16.5. The number of rotatable bonds is 3. The normalized spacial score (nSPS) is 16.8. The molecule has 4 nitrogen and oxygen atoms in total. The number of hydrogen-bond donors (Lipinski definition) is 3. The van der Waals surface area contributed by atoms with Crippen LogP contribution in [0.15, 0.2) is 0 Å². The highest BCUT2D eigenvalue weighted by Gasteiger charge is 2.14. The maximum atomic E-state index is 9.87. The van der Waals surface area contributed by atoms with Gasteiger partial charge in [0.2, 0.25) is 0 Å². The van der Waals surface area contributed by atoms with Crippen molar-refractivity contribution in [2.75, 3.05) is 0 Å². The molecule has 0 aromatic rings. The summed E-state index contributed by atoms with van der Waals surface area (Å²) in [6.45, 7) is 1.42. The first-order valence-corrected chi connectivity index (χ1v) is 2.63. The first kappa shape index (κ1) is 8.39. The van der Waals surface area contributed by atoms with Crippen LogP contribution in [0.4, 0.5) is 0 Å². The molecule has 3 N–H and O–H groups in total. The molecule has 0 spiro atoms. The van der Waals surface area contributed by atoms with E-state index in [1.807, 2.05) is 0 Å². The van der Waals surface area contributed by atoms with Crippen LogP contribution < -0.4 is 0 Å². The molecule has 0 aliphatic heterocycles. The number of carboxylic acids is 1. The number of hydrogen-bond acceptors (Lipinski definition) is 3. The van der Waals surface area contributed by atoms with Gasteiger partial charge in [0, 0.05) is 6.42 Å². The van der Waals surface area contributed by atoms with Crippen LogP contribution in [0.25, 0.3) is 0 Å². The van der Waals surface area contributed by atoms with E-state index in [0.29, 0.717) is 0 Å². The fourth-order valence-corrected chi connectivity index (χ4v) is 0.424. The Labute approximate surface area is 52.7 Å². The van der Waals surface area contributed by atoms with E-state index in [2.05, 4.69) is 0 Å². The Balaban J connectivity index is 3.50. The molecule has 0 saturated heterocycles. The van der Waals surface area contributed by atoms with Crippen LogP contribution in [0, 0.1) is 0 Å². The molecule has 0 aliphatic carbocycles. The van der Waals surface area contributed by atoms with Crippen LogP contribution in [-0.2, 0) is 4.79 Å². The smallest absolute Gasteiger partial charge is 0.332 e. The predicted octanol–water partition coefficient (Wildman–Crippen LogP) is -0.797. The van der Waals surface area contributed by atoms with Gasteiger partial charge in [-0.25, -0.2) is 4.79 Å². The fourth-order valence-electron chi connectivity index (χ4n) is 0.424. The van der Waals surface area contributed by atoms with E-state index < -0.39 is 18.2 Å². The number of carbonyl (C=O) groups is 1. The molecule has 0 radical (unpaired) electrons. The minimum Gasteiger partial charge on any atom is -0.479 e. The first-order chi connectivity index (χ1) is 4.04. The third-order valence-electron chi connectivity index (χ3n) is 0.849. The van der Waals surface area contributed by atoms with Crippen molar-refractivity contribution in [3.8, 4) is 0 Å². The molecule has 0 saturated carbocycles. The molecular weight excluding hydrogens is 127 g/mol. The van der Waals surface area contributed by atoms with E-state index in [-0.39, 0.29) is 6.42 Å². The molecule has 2 atom stereocenters. The summed E-state index contributed by atoms with van der Waals surface area (Å²) in [5.74, 6) is -1.30. The number of aliphatic carboxylic acids is 1. The van der Waals surface area contributed by atoms with Gasteiger partial charge in [-0.15, -0.1) is 0 Å². The fraction of sp³-hybridized carbons (Fsp3) is 0.800. The molecule has 4 heteroatoms. The van der Waals surface area contributed by atoms with Crippen molar-refractivity contribution in [2.24, 2.45) is 0 Å². The molecule has 2 unspecified atom stereocenters. The van der Waals surface area contributed by atoms with Gasteiger partial charge >= 0.3 is 5.97 Å². The minimum absolute atomic E-state index is 0.116. The van der Waals surface area contributed by atoms with Crippen molar-refractivity contribution in [3.05, 3.63) is 0 Å². The molecule has 0 aromatic carbocycles. The summed E-state index contributed by atoms with van der Waals surface area (Å²) in [6, 6.07) is 0. The Morgan fingerprint density at radius 1 is 1.56 bits per heavy atom. The zero-order valence-electron chi connectivity index (χ0n) is 5.11. The van der Waals surface area contributed by atoms with E-state index in [1.54, 1.807) is 0 Å². The Morgan fingerprint density at radius 3 is 2.11 bits per heavy atom. The monoisotopic (exact) mass is 137 g/mol. The molecule has 0 bridgehead atoms. The van der Waals surface area contributed by atoms with Crippen molar-refractivity contribution in [1.29, 1.82) is 0 Å². The van der Waals surface area contributed by atoms with Gasteiger partial charge < -0.3 is 15.3 Å². The number of carboxylic acid groups (broad SMARTS) is 1. The predicted molar refractivity (Wildman–Crippen MR) is 29.9 cm³/mol. The van der Waals surface area contributed by atoms with Crippen molar-refractivity contribution in [3.63, 3.8) is 0 Å². The third kappa shape index (κ3) is 3.93. The van der Waals surface area contributed by atoms with Crippen molar-refractivity contribution >= 4 is 5.97 Å². The summed E-state index contributed by atoms with van der Waals surface area (Å²) in [5, 5.41) is 25.2. The van der Waals surface area contributed by atoms with Crippen molar-refractivity contribution in [2.45, 2.75) is 25.6 Å². The zero-order chi connectivity index (χ0) is 7.44. The van der Waals surface area contributed by atoms with Crippen LogP contribution in [0.3, 0.4) is 0 Å². The Kier molecular flexibility index (Phi) is 3.19.